The van der Waals surface area contributed by atoms with Crippen LogP contribution in [-0.4, -0.2) is 6.54 Å². The molecule has 0 radical (unpaired) electrons. The topological polar surface area (TPSA) is 12.0 Å². The lowest BCUT2D eigenvalue weighted by Gasteiger charge is -2.19. The van der Waals surface area contributed by atoms with E-state index >= 15 is 0 Å². The molecule has 0 amide bonds. The molecule has 2 saturated carbocycles. The van der Waals surface area contributed by atoms with Crippen LogP contribution in [0.2, 0.25) is 5.02 Å². The minimum atomic E-state index is 0.516. The Labute approximate surface area is 115 Å². The van der Waals surface area contributed by atoms with Gasteiger partial charge in [0.1, 0.15) is 0 Å². The van der Waals surface area contributed by atoms with Gasteiger partial charge in [0, 0.05) is 11.1 Å². The van der Waals surface area contributed by atoms with Crippen molar-refractivity contribution in [3.05, 3.63) is 34.9 Å². The minimum absolute atomic E-state index is 0.516. The summed E-state index contributed by atoms with van der Waals surface area (Å²) in [6, 6.07) is 8.92. The number of hydrogen-bond donors (Lipinski definition) is 1. The molecular weight excluding hydrogens is 242 g/mol. The van der Waals surface area contributed by atoms with Crippen molar-refractivity contribution in [2.24, 2.45) is 17.8 Å². The average molecular weight is 264 g/mol. The zero-order valence-corrected chi connectivity index (χ0v) is 11.8. The highest BCUT2D eigenvalue weighted by atomic mass is 35.5. The lowest BCUT2D eigenvalue weighted by atomic mass is 10.00. The molecule has 0 heterocycles. The first-order valence-electron chi connectivity index (χ1n) is 7.30. The molecule has 1 aromatic rings. The van der Waals surface area contributed by atoms with E-state index in [0.717, 1.165) is 29.3 Å². The number of benzene rings is 1. The summed E-state index contributed by atoms with van der Waals surface area (Å²) in [5.74, 6) is 2.80. The van der Waals surface area contributed by atoms with E-state index in [2.05, 4.69) is 30.4 Å². The fraction of sp³-hybridized carbons (Fsp3) is 0.625. The van der Waals surface area contributed by atoms with Crippen LogP contribution in [0, 0.1) is 17.8 Å². The molecule has 1 aromatic carbocycles. The van der Waals surface area contributed by atoms with Crippen molar-refractivity contribution in [3.63, 3.8) is 0 Å². The molecule has 0 spiro atoms. The molecule has 18 heavy (non-hydrogen) atoms. The fourth-order valence-electron chi connectivity index (χ4n) is 3.94. The summed E-state index contributed by atoms with van der Waals surface area (Å²) in [4.78, 5) is 0. The van der Waals surface area contributed by atoms with E-state index in [1.165, 1.54) is 31.2 Å². The van der Waals surface area contributed by atoms with Gasteiger partial charge in [0.05, 0.1) is 0 Å². The lowest BCUT2D eigenvalue weighted by molar-refractivity contribution is 0.457. The maximum Gasteiger partial charge on any atom is 0.0409 e. The zero-order chi connectivity index (χ0) is 12.5. The monoisotopic (exact) mass is 263 g/mol. The third kappa shape index (κ3) is 2.31. The number of hydrogen-bond acceptors (Lipinski definition) is 1. The summed E-state index contributed by atoms with van der Waals surface area (Å²) >= 11 is 6.14. The van der Waals surface area contributed by atoms with Crippen molar-refractivity contribution in [2.75, 3.05) is 6.54 Å². The van der Waals surface area contributed by atoms with E-state index in [1.54, 1.807) is 0 Å². The average Bonchev–Trinajstić information content (AvgIpc) is 3.10. The van der Waals surface area contributed by atoms with Gasteiger partial charge in [-0.1, -0.05) is 43.5 Å². The molecule has 3 rings (SSSR count). The Morgan fingerprint density at radius 1 is 1.28 bits per heavy atom. The predicted molar refractivity (Wildman–Crippen MR) is 76.8 cm³/mol. The molecule has 0 aromatic heterocycles. The molecule has 1 N–H and O–H groups in total. The Morgan fingerprint density at radius 3 is 2.61 bits per heavy atom. The molecular formula is C16H22ClN. The first-order chi connectivity index (χ1) is 8.81. The predicted octanol–water partition coefficient (Wildman–Crippen LogP) is 4.43. The van der Waals surface area contributed by atoms with Crippen LogP contribution in [-0.2, 0) is 0 Å². The molecule has 98 valence electrons. The molecule has 3 unspecified atom stereocenters. The quantitative estimate of drug-likeness (QED) is 0.848. The zero-order valence-electron chi connectivity index (χ0n) is 11.0. The Hall–Kier alpha value is -0.530. The molecule has 2 heteroatoms. The smallest absolute Gasteiger partial charge is 0.0409 e. The molecule has 0 saturated heterocycles. The van der Waals surface area contributed by atoms with Crippen LogP contribution >= 0.6 is 11.6 Å². The molecule has 1 nitrogen and oxygen atoms in total. The van der Waals surface area contributed by atoms with Gasteiger partial charge in [0.15, 0.2) is 0 Å². The lowest BCUT2D eigenvalue weighted by Crippen LogP contribution is -2.23. The first-order valence-corrected chi connectivity index (χ1v) is 7.68. The van der Waals surface area contributed by atoms with Crippen molar-refractivity contribution < 1.29 is 0 Å². The van der Waals surface area contributed by atoms with Gasteiger partial charge >= 0.3 is 0 Å². The van der Waals surface area contributed by atoms with Crippen LogP contribution in [0.25, 0.3) is 0 Å². The highest BCUT2D eigenvalue weighted by Crippen LogP contribution is 2.60. The van der Waals surface area contributed by atoms with Crippen LogP contribution in [0.5, 0.6) is 0 Å². The maximum absolute atomic E-state index is 6.14. The fourth-order valence-corrected chi connectivity index (χ4v) is 4.14. The van der Waals surface area contributed by atoms with Gasteiger partial charge in [-0.15, -0.1) is 0 Å². The van der Waals surface area contributed by atoms with Crippen LogP contribution in [0.4, 0.5) is 0 Å². The summed E-state index contributed by atoms with van der Waals surface area (Å²) in [5, 5.41) is 4.55. The highest BCUT2D eigenvalue weighted by molar-refractivity contribution is 6.30. The highest BCUT2D eigenvalue weighted by Gasteiger charge is 2.54. The van der Waals surface area contributed by atoms with Gasteiger partial charge < -0.3 is 5.32 Å². The van der Waals surface area contributed by atoms with E-state index in [-0.39, 0.29) is 0 Å². The third-order valence-corrected chi connectivity index (χ3v) is 4.97. The normalized spacial score (nSPS) is 31.8. The van der Waals surface area contributed by atoms with Crippen molar-refractivity contribution in [3.8, 4) is 0 Å². The van der Waals surface area contributed by atoms with Gasteiger partial charge in [0.25, 0.3) is 0 Å². The third-order valence-electron chi connectivity index (χ3n) is 4.74. The van der Waals surface area contributed by atoms with E-state index in [9.17, 15) is 0 Å². The van der Waals surface area contributed by atoms with E-state index in [1.807, 2.05) is 6.07 Å². The number of nitrogens with one attached hydrogen (secondary N) is 1. The Balaban J connectivity index is 1.80. The molecule has 3 atom stereocenters. The standard InChI is InChI=1S/C16H22ClN/c1-2-18-16(11-6-5-7-12(17)10-11)15-13-8-3-4-9-14(13)15/h5-7,10,13-16,18H,2-4,8-9H2,1H3. The van der Waals surface area contributed by atoms with Crippen LogP contribution < -0.4 is 5.32 Å². The summed E-state index contributed by atoms with van der Waals surface area (Å²) < 4.78 is 0. The van der Waals surface area contributed by atoms with E-state index in [4.69, 9.17) is 11.6 Å². The molecule has 0 aliphatic heterocycles. The van der Waals surface area contributed by atoms with Crippen LogP contribution in [0.15, 0.2) is 24.3 Å². The Bertz CT molecular complexity index is 405. The number of rotatable bonds is 4. The van der Waals surface area contributed by atoms with Gasteiger partial charge in [-0.2, -0.15) is 0 Å². The van der Waals surface area contributed by atoms with Crippen molar-refractivity contribution in [1.82, 2.24) is 5.32 Å². The van der Waals surface area contributed by atoms with Crippen molar-refractivity contribution in [1.29, 1.82) is 0 Å². The molecule has 0 bridgehead atoms. The molecule has 2 aliphatic carbocycles. The molecule has 2 aliphatic rings. The van der Waals surface area contributed by atoms with E-state index < -0.39 is 0 Å². The summed E-state index contributed by atoms with van der Waals surface area (Å²) in [5.41, 5.74) is 1.38. The maximum atomic E-state index is 6.14. The summed E-state index contributed by atoms with van der Waals surface area (Å²) in [6.07, 6.45) is 5.76. The first kappa shape index (κ1) is 12.5. The van der Waals surface area contributed by atoms with Crippen molar-refractivity contribution >= 4 is 11.6 Å². The van der Waals surface area contributed by atoms with Crippen LogP contribution in [0.1, 0.15) is 44.2 Å². The molecule has 2 fully saturated rings. The Morgan fingerprint density at radius 2 is 2.00 bits per heavy atom. The SMILES string of the molecule is CCNC(c1cccc(Cl)c1)C1C2CCCCC21. The number of fused-ring (bicyclic) bond motifs is 1. The van der Waals surface area contributed by atoms with E-state index in [0.29, 0.717) is 6.04 Å². The largest absolute Gasteiger partial charge is 0.310 e. The Kier molecular flexibility index (Phi) is 3.63. The second kappa shape index (κ2) is 5.22. The summed E-state index contributed by atoms with van der Waals surface area (Å²) in [6.45, 7) is 3.23. The second-order valence-electron chi connectivity index (χ2n) is 5.78. The number of halogens is 1. The van der Waals surface area contributed by atoms with Gasteiger partial charge in [-0.05, 0) is 54.8 Å². The van der Waals surface area contributed by atoms with Gasteiger partial charge in [0.2, 0.25) is 0 Å². The minimum Gasteiger partial charge on any atom is -0.310 e. The van der Waals surface area contributed by atoms with Gasteiger partial charge in [-0.3, -0.25) is 0 Å². The summed E-state index contributed by atoms with van der Waals surface area (Å²) in [7, 11) is 0. The second-order valence-corrected chi connectivity index (χ2v) is 6.22. The van der Waals surface area contributed by atoms with Crippen molar-refractivity contribution in [2.45, 2.75) is 38.6 Å². The van der Waals surface area contributed by atoms with Crippen LogP contribution in [0.3, 0.4) is 0 Å². The van der Waals surface area contributed by atoms with Gasteiger partial charge in [-0.25, -0.2) is 0 Å².